The van der Waals surface area contributed by atoms with Gasteiger partial charge in [-0.2, -0.15) is 10.2 Å². The van der Waals surface area contributed by atoms with E-state index in [-0.39, 0.29) is 11.9 Å². The third-order valence-corrected chi connectivity index (χ3v) is 4.35. The number of carbonyl (C=O) groups excluding carboxylic acids is 1. The molecule has 3 rings (SSSR count). The Morgan fingerprint density at radius 3 is 2.67 bits per heavy atom. The molecule has 2 aromatic heterocycles. The van der Waals surface area contributed by atoms with Crippen LogP contribution in [0.15, 0.2) is 42.9 Å². The Hall–Kier alpha value is -2.60. The zero-order valence-corrected chi connectivity index (χ0v) is 14.4. The van der Waals surface area contributed by atoms with E-state index in [9.17, 15) is 4.79 Å². The topological polar surface area (TPSA) is 64.7 Å². The van der Waals surface area contributed by atoms with Gasteiger partial charge in [0.25, 0.3) is 5.91 Å². The van der Waals surface area contributed by atoms with Gasteiger partial charge >= 0.3 is 0 Å². The first-order chi connectivity index (χ1) is 11.5. The van der Waals surface area contributed by atoms with Gasteiger partial charge in [-0.1, -0.05) is 23.7 Å². The predicted molar refractivity (Wildman–Crippen MR) is 92.4 cm³/mol. The number of halogens is 1. The smallest absolute Gasteiger partial charge is 0.254 e. The van der Waals surface area contributed by atoms with Crippen molar-refractivity contribution in [2.45, 2.75) is 19.9 Å². The first-order valence-electron chi connectivity index (χ1n) is 7.56. The lowest BCUT2D eigenvalue weighted by molar-refractivity contribution is 0.0940. The Morgan fingerprint density at radius 1 is 1.25 bits per heavy atom. The maximum Gasteiger partial charge on any atom is 0.254 e. The molecule has 7 heteroatoms. The van der Waals surface area contributed by atoms with E-state index in [1.54, 1.807) is 27.8 Å². The first-order valence-corrected chi connectivity index (χ1v) is 7.94. The number of benzene rings is 1. The Bertz CT molecular complexity index is 883. The Kier molecular flexibility index (Phi) is 4.40. The highest BCUT2D eigenvalue weighted by Gasteiger charge is 2.17. The van der Waals surface area contributed by atoms with Gasteiger partial charge in [0, 0.05) is 24.5 Å². The van der Waals surface area contributed by atoms with Crippen molar-refractivity contribution in [2.75, 3.05) is 0 Å². The van der Waals surface area contributed by atoms with E-state index in [2.05, 4.69) is 15.5 Å². The maximum absolute atomic E-state index is 12.5. The van der Waals surface area contributed by atoms with Crippen LogP contribution >= 0.6 is 11.6 Å². The minimum atomic E-state index is -0.191. The molecule has 124 valence electrons. The maximum atomic E-state index is 12.5. The minimum Gasteiger partial charge on any atom is -0.345 e. The number of amides is 1. The summed E-state index contributed by atoms with van der Waals surface area (Å²) in [5, 5.41) is 12.0. The SMILES string of the molecule is Cc1c([C@H](C)NC(=O)c2cnn(-c3ccccc3Cl)c2)cnn1C. The number of rotatable bonds is 4. The summed E-state index contributed by atoms with van der Waals surface area (Å²) in [6.07, 6.45) is 4.97. The summed E-state index contributed by atoms with van der Waals surface area (Å²) in [6, 6.07) is 7.20. The molecule has 24 heavy (non-hydrogen) atoms. The number of nitrogens with one attached hydrogen (secondary N) is 1. The fraction of sp³-hybridized carbons (Fsp3) is 0.235. The molecule has 6 nitrogen and oxygen atoms in total. The van der Waals surface area contributed by atoms with Crippen LogP contribution in [0.4, 0.5) is 0 Å². The van der Waals surface area contributed by atoms with Crippen molar-refractivity contribution in [3.05, 3.63) is 64.7 Å². The molecule has 1 amide bonds. The van der Waals surface area contributed by atoms with E-state index in [1.807, 2.05) is 39.1 Å². The van der Waals surface area contributed by atoms with Crippen LogP contribution in [0.25, 0.3) is 5.69 Å². The van der Waals surface area contributed by atoms with Gasteiger partial charge in [0.2, 0.25) is 0 Å². The van der Waals surface area contributed by atoms with Crippen LogP contribution in [-0.2, 0) is 7.05 Å². The van der Waals surface area contributed by atoms with E-state index >= 15 is 0 Å². The van der Waals surface area contributed by atoms with Gasteiger partial charge < -0.3 is 5.32 Å². The summed E-state index contributed by atoms with van der Waals surface area (Å²) < 4.78 is 3.38. The van der Waals surface area contributed by atoms with Gasteiger partial charge in [0.1, 0.15) is 0 Å². The molecule has 0 aliphatic rings. The lowest BCUT2D eigenvalue weighted by atomic mass is 10.1. The molecule has 1 aromatic carbocycles. The second kappa shape index (κ2) is 6.49. The molecule has 0 radical (unpaired) electrons. The quantitative estimate of drug-likeness (QED) is 0.791. The number of hydrogen-bond donors (Lipinski definition) is 1. The molecule has 1 N–H and O–H groups in total. The fourth-order valence-electron chi connectivity index (χ4n) is 2.51. The molecule has 0 saturated carbocycles. The third-order valence-electron chi connectivity index (χ3n) is 4.03. The van der Waals surface area contributed by atoms with E-state index in [4.69, 9.17) is 11.6 Å². The summed E-state index contributed by atoms with van der Waals surface area (Å²) in [5.41, 5.74) is 3.22. The van der Waals surface area contributed by atoms with Gasteiger partial charge in [-0.3, -0.25) is 9.48 Å². The molecule has 1 atom stereocenters. The number of nitrogens with zero attached hydrogens (tertiary/aromatic N) is 4. The van der Waals surface area contributed by atoms with E-state index in [0.29, 0.717) is 10.6 Å². The molecule has 0 unspecified atom stereocenters. The molecular formula is C17H18ClN5O. The van der Waals surface area contributed by atoms with E-state index < -0.39 is 0 Å². The van der Waals surface area contributed by atoms with Crippen LogP contribution < -0.4 is 5.32 Å². The van der Waals surface area contributed by atoms with Crippen LogP contribution in [0.2, 0.25) is 5.02 Å². The molecule has 0 spiro atoms. The highest BCUT2D eigenvalue weighted by Crippen LogP contribution is 2.20. The summed E-state index contributed by atoms with van der Waals surface area (Å²) >= 11 is 6.16. The monoisotopic (exact) mass is 343 g/mol. The first kappa shape index (κ1) is 16.3. The molecular weight excluding hydrogens is 326 g/mol. The number of para-hydroxylation sites is 1. The Labute approximate surface area is 145 Å². The molecule has 0 bridgehead atoms. The standard InChI is InChI=1S/C17H18ClN5O/c1-11(14-9-19-22(3)12(14)2)21-17(24)13-8-20-23(10-13)16-7-5-4-6-15(16)18/h4-11H,1-3H3,(H,21,24)/t11-/m0/s1. The van der Waals surface area contributed by atoms with Crippen LogP contribution in [0.5, 0.6) is 0 Å². The average molecular weight is 344 g/mol. The summed E-state index contributed by atoms with van der Waals surface area (Å²) in [4.78, 5) is 12.5. The predicted octanol–water partition coefficient (Wildman–Crippen LogP) is 3.06. The lowest BCUT2D eigenvalue weighted by Crippen LogP contribution is -2.26. The van der Waals surface area contributed by atoms with Crippen molar-refractivity contribution in [2.24, 2.45) is 7.05 Å². The summed E-state index contributed by atoms with van der Waals surface area (Å²) in [7, 11) is 1.88. The van der Waals surface area contributed by atoms with Crippen molar-refractivity contribution >= 4 is 17.5 Å². The Morgan fingerprint density at radius 2 is 2.00 bits per heavy atom. The molecule has 0 aliphatic heterocycles. The second-order valence-corrected chi connectivity index (χ2v) is 6.04. The highest BCUT2D eigenvalue weighted by molar-refractivity contribution is 6.32. The highest BCUT2D eigenvalue weighted by atomic mass is 35.5. The third kappa shape index (κ3) is 3.05. The zero-order chi connectivity index (χ0) is 17.3. The number of carbonyl (C=O) groups is 1. The van der Waals surface area contributed by atoms with Crippen molar-refractivity contribution in [3.63, 3.8) is 0 Å². The van der Waals surface area contributed by atoms with Crippen LogP contribution in [0.3, 0.4) is 0 Å². The fourth-order valence-corrected chi connectivity index (χ4v) is 2.73. The number of hydrogen-bond acceptors (Lipinski definition) is 3. The van der Waals surface area contributed by atoms with Gasteiger partial charge in [0.15, 0.2) is 0 Å². The van der Waals surface area contributed by atoms with Gasteiger partial charge in [-0.25, -0.2) is 4.68 Å². The van der Waals surface area contributed by atoms with E-state index in [1.165, 1.54) is 6.20 Å². The molecule has 3 aromatic rings. The van der Waals surface area contributed by atoms with Crippen LogP contribution in [0.1, 0.15) is 34.6 Å². The number of aromatic nitrogens is 4. The Balaban J connectivity index is 1.77. The van der Waals surface area contributed by atoms with Crippen LogP contribution in [-0.4, -0.2) is 25.5 Å². The largest absolute Gasteiger partial charge is 0.345 e. The molecule has 0 aliphatic carbocycles. The average Bonchev–Trinajstić information content (AvgIpc) is 3.16. The minimum absolute atomic E-state index is 0.144. The van der Waals surface area contributed by atoms with Gasteiger partial charge in [0.05, 0.1) is 34.7 Å². The van der Waals surface area contributed by atoms with Crippen LogP contribution in [0, 0.1) is 6.92 Å². The molecule has 2 heterocycles. The van der Waals surface area contributed by atoms with E-state index in [0.717, 1.165) is 16.9 Å². The second-order valence-electron chi connectivity index (χ2n) is 5.63. The van der Waals surface area contributed by atoms with Crippen molar-refractivity contribution in [3.8, 4) is 5.69 Å². The van der Waals surface area contributed by atoms with Crippen molar-refractivity contribution < 1.29 is 4.79 Å². The van der Waals surface area contributed by atoms with Gasteiger partial charge in [-0.15, -0.1) is 0 Å². The number of aryl methyl sites for hydroxylation is 1. The zero-order valence-electron chi connectivity index (χ0n) is 13.7. The summed E-state index contributed by atoms with van der Waals surface area (Å²) in [6.45, 7) is 3.90. The van der Waals surface area contributed by atoms with Gasteiger partial charge in [-0.05, 0) is 26.0 Å². The van der Waals surface area contributed by atoms with Crippen molar-refractivity contribution in [1.29, 1.82) is 0 Å². The van der Waals surface area contributed by atoms with Crippen molar-refractivity contribution in [1.82, 2.24) is 24.9 Å². The molecule has 0 saturated heterocycles. The lowest BCUT2D eigenvalue weighted by Gasteiger charge is -2.13. The molecule has 0 fully saturated rings. The normalized spacial score (nSPS) is 12.2. The summed E-state index contributed by atoms with van der Waals surface area (Å²) in [5.74, 6) is -0.191.